The van der Waals surface area contributed by atoms with Gasteiger partial charge in [-0.1, -0.05) is 6.07 Å². The van der Waals surface area contributed by atoms with Crippen molar-refractivity contribution in [1.29, 1.82) is 0 Å². The van der Waals surface area contributed by atoms with E-state index in [4.69, 9.17) is 18.9 Å². The Morgan fingerprint density at radius 3 is 2.13 bits per heavy atom. The summed E-state index contributed by atoms with van der Waals surface area (Å²) >= 11 is 0. The first-order valence-corrected chi connectivity index (χ1v) is 14.0. The number of benzene rings is 2. The summed E-state index contributed by atoms with van der Waals surface area (Å²) in [6, 6.07) is 10.3. The molecule has 12 heteroatoms. The lowest BCUT2D eigenvalue weighted by Crippen LogP contribution is -2.51. The quantitative estimate of drug-likeness (QED) is 0.380. The molecule has 0 radical (unpaired) electrons. The van der Waals surface area contributed by atoms with Gasteiger partial charge in [-0.2, -0.15) is 0 Å². The molecule has 0 unspecified atom stereocenters. The van der Waals surface area contributed by atoms with E-state index in [1.54, 1.807) is 51.3 Å². The molecule has 39 heavy (non-hydrogen) atoms. The lowest BCUT2D eigenvalue weighted by molar-refractivity contribution is -0.157. The standard InChI is InChI=1S/C27H37N3O8S/c1-19(38-20(2)31)27(32)30-15-13-29(14-16-30)23-18-22(8-10-24(23)35-4)39(33,34)28(3)12-11-21-7-9-25(36-5)26(17-21)37-6/h7-10,17-19H,11-16H2,1-6H3/t19-/m0/s1. The Bertz CT molecular complexity index is 1280. The summed E-state index contributed by atoms with van der Waals surface area (Å²) in [5.74, 6) is 0.963. The normalized spacial score (nSPS) is 14.6. The number of nitrogens with zero attached hydrogens (tertiary/aromatic N) is 3. The van der Waals surface area contributed by atoms with Gasteiger partial charge in [0.25, 0.3) is 5.91 Å². The molecule has 3 rings (SSSR count). The van der Waals surface area contributed by atoms with Gasteiger partial charge in [0, 0.05) is 46.7 Å². The van der Waals surface area contributed by atoms with Gasteiger partial charge in [-0.25, -0.2) is 12.7 Å². The van der Waals surface area contributed by atoms with Crippen LogP contribution in [0.5, 0.6) is 17.2 Å². The van der Waals surface area contributed by atoms with E-state index in [-0.39, 0.29) is 17.3 Å². The number of carbonyl (C=O) groups is 2. The largest absolute Gasteiger partial charge is 0.495 e. The van der Waals surface area contributed by atoms with E-state index in [1.807, 2.05) is 17.0 Å². The zero-order valence-corrected chi connectivity index (χ0v) is 24.1. The number of ether oxygens (including phenoxy) is 4. The highest BCUT2D eigenvalue weighted by Crippen LogP contribution is 2.33. The number of anilines is 1. The topological polar surface area (TPSA) is 115 Å². The molecular weight excluding hydrogens is 526 g/mol. The number of rotatable bonds is 11. The van der Waals surface area contributed by atoms with Gasteiger partial charge in [-0.05, 0) is 49.2 Å². The van der Waals surface area contributed by atoms with Crippen molar-refractivity contribution in [3.8, 4) is 17.2 Å². The van der Waals surface area contributed by atoms with E-state index in [2.05, 4.69) is 0 Å². The van der Waals surface area contributed by atoms with Crippen molar-refractivity contribution in [2.45, 2.75) is 31.3 Å². The van der Waals surface area contributed by atoms with Crippen LogP contribution in [0, 0.1) is 0 Å². The molecule has 0 spiro atoms. The second kappa shape index (κ2) is 13.0. The maximum absolute atomic E-state index is 13.4. The number of sulfonamides is 1. The molecule has 1 aliphatic heterocycles. The smallest absolute Gasteiger partial charge is 0.303 e. The van der Waals surface area contributed by atoms with Gasteiger partial charge >= 0.3 is 5.97 Å². The number of amides is 1. The fourth-order valence-corrected chi connectivity index (χ4v) is 5.62. The highest BCUT2D eigenvalue weighted by Gasteiger charge is 2.29. The lowest BCUT2D eigenvalue weighted by atomic mass is 10.1. The predicted molar refractivity (Wildman–Crippen MR) is 146 cm³/mol. The molecule has 1 aliphatic rings. The number of hydrogen-bond donors (Lipinski definition) is 0. The number of likely N-dealkylation sites (N-methyl/N-ethyl adjacent to an activating group) is 1. The van der Waals surface area contributed by atoms with E-state index < -0.39 is 22.1 Å². The Kier molecular flexibility index (Phi) is 10.0. The van der Waals surface area contributed by atoms with Crippen LogP contribution >= 0.6 is 0 Å². The molecular formula is C27H37N3O8S. The first kappa shape index (κ1) is 30.0. The third-order valence-corrected chi connectivity index (χ3v) is 8.50. The number of esters is 1. The maximum atomic E-state index is 13.4. The average Bonchev–Trinajstić information content (AvgIpc) is 2.94. The van der Waals surface area contributed by atoms with E-state index in [0.29, 0.717) is 55.5 Å². The van der Waals surface area contributed by atoms with Crippen molar-refractivity contribution in [3.63, 3.8) is 0 Å². The fraction of sp³-hybridized carbons (Fsp3) is 0.481. The van der Waals surface area contributed by atoms with Crippen molar-refractivity contribution in [2.75, 3.05) is 66.0 Å². The molecule has 0 N–H and O–H groups in total. The molecule has 0 aliphatic carbocycles. The second-order valence-electron chi connectivity index (χ2n) is 9.16. The molecule has 214 valence electrons. The molecule has 1 amide bonds. The molecule has 0 bridgehead atoms. The monoisotopic (exact) mass is 563 g/mol. The summed E-state index contributed by atoms with van der Waals surface area (Å²) < 4.78 is 49.4. The average molecular weight is 564 g/mol. The van der Waals surface area contributed by atoms with Crippen LogP contribution in [0.1, 0.15) is 19.4 Å². The molecule has 2 aromatic carbocycles. The Balaban J connectivity index is 1.72. The minimum absolute atomic E-state index is 0.148. The third-order valence-electron chi connectivity index (χ3n) is 6.64. The second-order valence-corrected chi connectivity index (χ2v) is 11.2. The predicted octanol–water partition coefficient (Wildman–Crippen LogP) is 2.18. The zero-order chi connectivity index (χ0) is 28.7. The van der Waals surface area contributed by atoms with Crippen molar-refractivity contribution >= 4 is 27.6 Å². The summed E-state index contributed by atoms with van der Waals surface area (Å²) in [4.78, 5) is 27.6. The van der Waals surface area contributed by atoms with E-state index in [1.165, 1.54) is 24.4 Å². The highest BCUT2D eigenvalue weighted by atomic mass is 32.2. The van der Waals surface area contributed by atoms with Gasteiger partial charge < -0.3 is 28.7 Å². The van der Waals surface area contributed by atoms with Gasteiger partial charge in [0.1, 0.15) is 5.75 Å². The molecule has 11 nitrogen and oxygen atoms in total. The third kappa shape index (κ3) is 7.12. The Hall–Kier alpha value is -3.51. The van der Waals surface area contributed by atoms with Crippen molar-refractivity contribution < 1.29 is 37.0 Å². The molecule has 2 aromatic rings. The number of hydrogen-bond acceptors (Lipinski definition) is 9. The lowest BCUT2D eigenvalue weighted by Gasteiger charge is -2.37. The van der Waals surface area contributed by atoms with Gasteiger partial charge in [0.05, 0.1) is 31.9 Å². The van der Waals surface area contributed by atoms with Crippen LogP contribution in [0.3, 0.4) is 0 Å². The summed E-state index contributed by atoms with van der Waals surface area (Å²) in [6.07, 6.45) is -0.368. The summed E-state index contributed by atoms with van der Waals surface area (Å²) in [7, 11) is 2.41. The molecule has 1 fully saturated rings. The highest BCUT2D eigenvalue weighted by molar-refractivity contribution is 7.89. The van der Waals surface area contributed by atoms with Crippen LogP contribution < -0.4 is 19.1 Å². The summed E-state index contributed by atoms with van der Waals surface area (Å²) in [5.41, 5.74) is 1.55. The van der Waals surface area contributed by atoms with E-state index in [9.17, 15) is 18.0 Å². The van der Waals surface area contributed by atoms with E-state index in [0.717, 1.165) is 5.56 Å². The van der Waals surface area contributed by atoms with Crippen molar-refractivity contribution in [2.24, 2.45) is 0 Å². The molecule has 0 aromatic heterocycles. The molecule has 1 atom stereocenters. The van der Waals surface area contributed by atoms with Crippen LogP contribution in [0.15, 0.2) is 41.3 Å². The van der Waals surface area contributed by atoms with Gasteiger partial charge in [0.2, 0.25) is 10.0 Å². The van der Waals surface area contributed by atoms with Crippen LogP contribution in [0.2, 0.25) is 0 Å². The van der Waals surface area contributed by atoms with E-state index >= 15 is 0 Å². The van der Waals surface area contributed by atoms with Gasteiger partial charge in [-0.15, -0.1) is 0 Å². The van der Waals surface area contributed by atoms with Gasteiger partial charge in [-0.3, -0.25) is 9.59 Å². The first-order chi connectivity index (χ1) is 18.5. The van der Waals surface area contributed by atoms with Crippen LogP contribution in [-0.4, -0.2) is 96.7 Å². The Morgan fingerprint density at radius 1 is 0.923 bits per heavy atom. The SMILES string of the molecule is COc1ccc(CCN(C)S(=O)(=O)c2ccc(OC)c(N3CCN(C(=O)[C@H](C)OC(C)=O)CC3)c2)cc1OC. The minimum Gasteiger partial charge on any atom is -0.495 e. The minimum atomic E-state index is -3.79. The van der Waals surface area contributed by atoms with Crippen molar-refractivity contribution in [3.05, 3.63) is 42.0 Å². The summed E-state index contributed by atoms with van der Waals surface area (Å²) in [5, 5.41) is 0. The van der Waals surface area contributed by atoms with Crippen LogP contribution in [0.4, 0.5) is 5.69 Å². The van der Waals surface area contributed by atoms with Crippen LogP contribution in [0.25, 0.3) is 0 Å². The number of methoxy groups -OCH3 is 3. The summed E-state index contributed by atoms with van der Waals surface area (Å²) in [6.45, 7) is 4.81. The molecule has 1 heterocycles. The molecule has 0 saturated carbocycles. The Morgan fingerprint density at radius 2 is 1.54 bits per heavy atom. The molecule has 1 saturated heterocycles. The van der Waals surface area contributed by atoms with Gasteiger partial charge in [0.15, 0.2) is 17.6 Å². The Labute approximate surface area is 230 Å². The van der Waals surface area contributed by atoms with Crippen molar-refractivity contribution in [1.82, 2.24) is 9.21 Å². The fourth-order valence-electron chi connectivity index (χ4n) is 4.42. The zero-order valence-electron chi connectivity index (χ0n) is 23.3. The number of piperazine rings is 1. The maximum Gasteiger partial charge on any atom is 0.303 e. The van der Waals surface area contributed by atoms with Crippen LogP contribution in [-0.2, 0) is 30.8 Å². The first-order valence-electron chi connectivity index (χ1n) is 12.6. The number of carbonyl (C=O) groups excluding carboxylic acids is 2.